The van der Waals surface area contributed by atoms with Crippen molar-refractivity contribution in [3.05, 3.63) is 23.2 Å². The minimum Gasteiger partial charge on any atom is -0.495 e. The molecule has 1 N–H and O–H groups in total. The smallest absolute Gasteiger partial charge is 0.303 e. The van der Waals surface area contributed by atoms with Gasteiger partial charge in [-0.25, -0.2) is 0 Å². The van der Waals surface area contributed by atoms with E-state index in [2.05, 4.69) is 0 Å². The van der Waals surface area contributed by atoms with Crippen LogP contribution in [0.4, 0.5) is 5.69 Å². The van der Waals surface area contributed by atoms with E-state index in [4.69, 9.17) is 21.4 Å². The second kappa shape index (κ2) is 8.17. The molecule has 0 saturated carbocycles. The Morgan fingerprint density at radius 1 is 1.30 bits per heavy atom. The Morgan fingerprint density at radius 2 is 2.00 bits per heavy atom. The molecule has 0 radical (unpaired) electrons. The monoisotopic (exact) mass is 394 g/mol. The van der Waals surface area contributed by atoms with Gasteiger partial charge in [-0.1, -0.05) is 11.6 Å². The molecule has 3 rings (SSSR count). The molecular formula is C19H23ClN2O5. The number of rotatable bonds is 5. The highest BCUT2D eigenvalue weighted by molar-refractivity contribution is 6.31. The summed E-state index contributed by atoms with van der Waals surface area (Å²) in [4.78, 5) is 39.5. The molecule has 1 aromatic rings. The molecule has 1 aromatic carbocycles. The molecule has 1 atom stereocenters. The van der Waals surface area contributed by atoms with Crippen LogP contribution >= 0.6 is 11.6 Å². The first-order valence-corrected chi connectivity index (χ1v) is 9.41. The van der Waals surface area contributed by atoms with Crippen molar-refractivity contribution in [2.45, 2.75) is 25.7 Å². The van der Waals surface area contributed by atoms with Crippen molar-refractivity contribution in [3.63, 3.8) is 0 Å². The molecule has 2 aliphatic rings. The summed E-state index contributed by atoms with van der Waals surface area (Å²) < 4.78 is 5.32. The highest BCUT2D eigenvalue weighted by Gasteiger charge is 2.39. The summed E-state index contributed by atoms with van der Waals surface area (Å²) >= 11 is 6.06. The van der Waals surface area contributed by atoms with Crippen LogP contribution in [-0.2, 0) is 14.4 Å². The summed E-state index contributed by atoms with van der Waals surface area (Å²) in [6.07, 6.45) is 1.67. The summed E-state index contributed by atoms with van der Waals surface area (Å²) in [5.41, 5.74) is 0.575. The highest BCUT2D eigenvalue weighted by atomic mass is 35.5. The SMILES string of the molecule is COc1ccc(Cl)cc1N1CC(C(=O)N2CCC(CC(=O)O)CC2)CC1=O. The first-order valence-electron chi connectivity index (χ1n) is 9.03. The van der Waals surface area contributed by atoms with Gasteiger partial charge in [0.25, 0.3) is 0 Å². The van der Waals surface area contributed by atoms with Crippen molar-refractivity contribution in [2.24, 2.45) is 11.8 Å². The lowest BCUT2D eigenvalue weighted by molar-refractivity contribution is -0.139. The fourth-order valence-corrected chi connectivity index (χ4v) is 4.01. The zero-order chi connectivity index (χ0) is 19.6. The zero-order valence-electron chi connectivity index (χ0n) is 15.2. The number of piperidine rings is 1. The van der Waals surface area contributed by atoms with Gasteiger partial charge in [-0.3, -0.25) is 14.4 Å². The summed E-state index contributed by atoms with van der Waals surface area (Å²) in [5, 5.41) is 9.39. The van der Waals surface area contributed by atoms with Crippen LogP contribution in [0.2, 0.25) is 5.02 Å². The summed E-state index contributed by atoms with van der Waals surface area (Å²) in [6.45, 7) is 1.38. The minimum atomic E-state index is -0.799. The highest BCUT2D eigenvalue weighted by Crippen LogP contribution is 2.36. The van der Waals surface area contributed by atoms with Crippen molar-refractivity contribution in [2.75, 3.05) is 31.6 Å². The summed E-state index contributed by atoms with van der Waals surface area (Å²) in [7, 11) is 1.52. The standard InChI is InChI=1S/C19H23ClN2O5/c1-27-16-3-2-14(20)10-15(16)22-11-13(9-17(22)23)19(26)21-6-4-12(5-7-21)8-18(24)25/h2-3,10,12-13H,4-9,11H2,1H3,(H,24,25). The Bertz CT molecular complexity index is 746. The maximum atomic E-state index is 12.8. The van der Waals surface area contributed by atoms with Gasteiger partial charge in [-0.15, -0.1) is 0 Å². The summed E-state index contributed by atoms with van der Waals surface area (Å²) in [5.74, 6) is -0.723. The van der Waals surface area contributed by atoms with E-state index in [1.165, 1.54) is 7.11 Å². The van der Waals surface area contributed by atoms with Gasteiger partial charge < -0.3 is 19.6 Å². The van der Waals surface area contributed by atoms with E-state index in [0.717, 1.165) is 0 Å². The van der Waals surface area contributed by atoms with Crippen molar-refractivity contribution in [1.82, 2.24) is 4.90 Å². The second-order valence-corrected chi connectivity index (χ2v) is 7.52. The van der Waals surface area contributed by atoms with Crippen molar-refractivity contribution in [3.8, 4) is 5.75 Å². The van der Waals surface area contributed by atoms with Gasteiger partial charge in [0.05, 0.1) is 18.7 Å². The lowest BCUT2D eigenvalue weighted by atomic mass is 9.92. The number of likely N-dealkylation sites (tertiary alicyclic amines) is 1. The van der Waals surface area contributed by atoms with Crippen LogP contribution in [0.3, 0.4) is 0 Å². The number of methoxy groups -OCH3 is 1. The molecule has 2 fully saturated rings. The lowest BCUT2D eigenvalue weighted by Crippen LogP contribution is -2.42. The number of carboxylic acid groups (broad SMARTS) is 1. The number of benzene rings is 1. The number of halogens is 1. The number of hydrogen-bond acceptors (Lipinski definition) is 4. The fourth-order valence-electron chi connectivity index (χ4n) is 3.84. The maximum absolute atomic E-state index is 12.8. The summed E-state index contributed by atoms with van der Waals surface area (Å²) in [6, 6.07) is 5.06. The van der Waals surface area contributed by atoms with Crippen LogP contribution < -0.4 is 9.64 Å². The normalized spacial score (nSPS) is 20.8. The first kappa shape index (κ1) is 19.5. The van der Waals surface area contributed by atoms with Crippen molar-refractivity contribution >= 4 is 35.1 Å². The quantitative estimate of drug-likeness (QED) is 0.828. The van der Waals surface area contributed by atoms with Gasteiger partial charge in [-0.2, -0.15) is 0 Å². The van der Waals surface area contributed by atoms with E-state index in [1.54, 1.807) is 28.0 Å². The van der Waals surface area contributed by atoms with E-state index >= 15 is 0 Å². The molecule has 8 heteroatoms. The molecular weight excluding hydrogens is 372 g/mol. The average molecular weight is 395 g/mol. The molecule has 27 heavy (non-hydrogen) atoms. The number of nitrogens with zero attached hydrogens (tertiary/aromatic N) is 2. The van der Waals surface area contributed by atoms with Crippen LogP contribution in [0.1, 0.15) is 25.7 Å². The van der Waals surface area contributed by atoms with Crippen LogP contribution in [-0.4, -0.2) is 54.5 Å². The molecule has 0 aliphatic carbocycles. The third kappa shape index (κ3) is 4.35. The third-order valence-electron chi connectivity index (χ3n) is 5.30. The number of hydrogen-bond donors (Lipinski definition) is 1. The van der Waals surface area contributed by atoms with Crippen molar-refractivity contribution in [1.29, 1.82) is 0 Å². The lowest BCUT2D eigenvalue weighted by Gasteiger charge is -2.33. The van der Waals surface area contributed by atoms with E-state index in [0.29, 0.717) is 48.9 Å². The Kier molecular flexibility index (Phi) is 5.89. The first-order chi connectivity index (χ1) is 12.9. The third-order valence-corrected chi connectivity index (χ3v) is 5.53. The number of carboxylic acids is 1. The zero-order valence-corrected chi connectivity index (χ0v) is 15.9. The second-order valence-electron chi connectivity index (χ2n) is 7.09. The Hall–Kier alpha value is -2.28. The minimum absolute atomic E-state index is 0.0411. The fraction of sp³-hybridized carbons (Fsp3) is 0.526. The van der Waals surface area contributed by atoms with Gasteiger partial charge in [0.15, 0.2) is 0 Å². The van der Waals surface area contributed by atoms with Gasteiger partial charge in [-0.05, 0) is 37.0 Å². The molecule has 7 nitrogen and oxygen atoms in total. The number of ether oxygens (including phenoxy) is 1. The van der Waals surface area contributed by atoms with Crippen molar-refractivity contribution < 1.29 is 24.2 Å². The average Bonchev–Trinajstić information content (AvgIpc) is 3.03. The molecule has 2 heterocycles. The van der Waals surface area contributed by atoms with Gasteiger partial charge >= 0.3 is 5.97 Å². The number of amides is 2. The van der Waals surface area contributed by atoms with Gasteiger partial charge in [0.1, 0.15) is 5.75 Å². The van der Waals surface area contributed by atoms with Crippen LogP contribution in [0, 0.1) is 11.8 Å². The Labute approximate surface area is 162 Å². The predicted molar refractivity (Wildman–Crippen MR) is 100 cm³/mol. The Morgan fingerprint density at radius 3 is 2.63 bits per heavy atom. The number of carbonyl (C=O) groups excluding carboxylic acids is 2. The van der Waals surface area contributed by atoms with Gasteiger partial charge in [0.2, 0.25) is 11.8 Å². The molecule has 146 valence electrons. The Balaban J connectivity index is 1.65. The van der Waals surface area contributed by atoms with Gasteiger partial charge in [0, 0.05) is 37.5 Å². The van der Waals surface area contributed by atoms with E-state index < -0.39 is 11.9 Å². The largest absolute Gasteiger partial charge is 0.495 e. The van der Waals surface area contributed by atoms with E-state index in [9.17, 15) is 14.4 Å². The molecule has 0 bridgehead atoms. The molecule has 2 saturated heterocycles. The molecule has 2 amide bonds. The van der Waals surface area contributed by atoms with E-state index in [-0.39, 0.29) is 30.6 Å². The molecule has 0 spiro atoms. The molecule has 0 aromatic heterocycles. The number of aliphatic carboxylic acids is 1. The topological polar surface area (TPSA) is 87.2 Å². The predicted octanol–water partition coefficient (Wildman–Crippen LogP) is 2.41. The van der Waals surface area contributed by atoms with E-state index in [1.807, 2.05) is 0 Å². The molecule has 2 aliphatic heterocycles. The number of carbonyl (C=O) groups is 3. The number of anilines is 1. The van der Waals surface area contributed by atoms with Crippen LogP contribution in [0.15, 0.2) is 18.2 Å². The maximum Gasteiger partial charge on any atom is 0.303 e. The van der Waals surface area contributed by atoms with Crippen LogP contribution in [0.25, 0.3) is 0 Å². The van der Waals surface area contributed by atoms with Crippen LogP contribution in [0.5, 0.6) is 5.75 Å². The molecule has 1 unspecified atom stereocenters.